The van der Waals surface area contributed by atoms with Gasteiger partial charge in [0.25, 0.3) is 0 Å². The van der Waals surface area contributed by atoms with E-state index in [4.69, 9.17) is 4.74 Å². The van der Waals surface area contributed by atoms with Crippen molar-refractivity contribution >= 4 is 17.3 Å². The van der Waals surface area contributed by atoms with Crippen LogP contribution in [0.2, 0.25) is 0 Å². The minimum Gasteiger partial charge on any atom is -0.381 e. The van der Waals surface area contributed by atoms with Crippen molar-refractivity contribution in [2.24, 2.45) is 10.9 Å². The van der Waals surface area contributed by atoms with Crippen LogP contribution in [-0.4, -0.2) is 56.2 Å². The summed E-state index contributed by atoms with van der Waals surface area (Å²) in [5.74, 6) is 1.57. The first-order chi connectivity index (χ1) is 9.69. The third-order valence-corrected chi connectivity index (χ3v) is 4.39. The van der Waals surface area contributed by atoms with E-state index < -0.39 is 0 Å². The van der Waals surface area contributed by atoms with Crippen LogP contribution in [-0.2, 0) is 11.2 Å². The van der Waals surface area contributed by atoms with Gasteiger partial charge in [0.1, 0.15) is 0 Å². The predicted octanol–water partition coefficient (Wildman–Crippen LogP) is 1.54. The Balaban J connectivity index is 1.73. The number of nitrogens with one attached hydrogen (secondary N) is 1. The molecule has 1 atom stereocenters. The van der Waals surface area contributed by atoms with Crippen molar-refractivity contribution in [3.05, 3.63) is 16.1 Å². The van der Waals surface area contributed by atoms with Gasteiger partial charge in [0.05, 0.1) is 11.6 Å². The summed E-state index contributed by atoms with van der Waals surface area (Å²) in [6, 6.07) is 0. The zero-order valence-corrected chi connectivity index (χ0v) is 13.4. The van der Waals surface area contributed by atoms with Gasteiger partial charge in [0.15, 0.2) is 5.96 Å². The monoisotopic (exact) mass is 296 g/mol. The van der Waals surface area contributed by atoms with E-state index in [0.717, 1.165) is 45.1 Å². The van der Waals surface area contributed by atoms with Gasteiger partial charge >= 0.3 is 0 Å². The molecule has 5 nitrogen and oxygen atoms in total. The summed E-state index contributed by atoms with van der Waals surface area (Å²) in [7, 11) is 3.92. The van der Waals surface area contributed by atoms with Gasteiger partial charge in [-0.3, -0.25) is 4.99 Å². The second-order valence-electron chi connectivity index (χ2n) is 5.20. The molecule has 2 heterocycles. The molecule has 0 amide bonds. The highest BCUT2D eigenvalue weighted by molar-refractivity contribution is 7.11. The maximum atomic E-state index is 5.42. The summed E-state index contributed by atoms with van der Waals surface area (Å²) >= 11 is 1.76. The molecule has 0 aromatic carbocycles. The summed E-state index contributed by atoms with van der Waals surface area (Å²) in [6.07, 6.45) is 4.03. The van der Waals surface area contributed by atoms with Crippen LogP contribution in [0.3, 0.4) is 0 Å². The Kier molecular flexibility index (Phi) is 5.79. The van der Waals surface area contributed by atoms with Crippen LogP contribution in [0.15, 0.2) is 11.2 Å². The SMILES string of the molecule is CN=C(NCCc1ncc(C)s1)N(C)CC1CCOC1. The average Bonchev–Trinajstić information content (AvgIpc) is 3.06. The normalized spacial score (nSPS) is 19.4. The lowest BCUT2D eigenvalue weighted by molar-refractivity contribution is 0.181. The number of aliphatic imine (C=N–C) groups is 1. The highest BCUT2D eigenvalue weighted by Crippen LogP contribution is 2.13. The van der Waals surface area contributed by atoms with Gasteiger partial charge in [0, 0.05) is 57.2 Å². The van der Waals surface area contributed by atoms with E-state index in [1.807, 2.05) is 13.2 Å². The van der Waals surface area contributed by atoms with Gasteiger partial charge in [-0.15, -0.1) is 11.3 Å². The third-order valence-electron chi connectivity index (χ3n) is 3.42. The lowest BCUT2D eigenvalue weighted by Crippen LogP contribution is -2.42. The van der Waals surface area contributed by atoms with Crippen LogP contribution in [0.5, 0.6) is 0 Å². The van der Waals surface area contributed by atoms with Gasteiger partial charge in [-0.2, -0.15) is 0 Å². The molecule has 1 unspecified atom stereocenters. The van der Waals surface area contributed by atoms with Crippen LogP contribution in [0, 0.1) is 12.8 Å². The molecular formula is C14H24N4OS. The van der Waals surface area contributed by atoms with Crippen LogP contribution in [0.25, 0.3) is 0 Å². The fraction of sp³-hybridized carbons (Fsp3) is 0.714. The molecule has 0 aliphatic carbocycles. The molecular weight excluding hydrogens is 272 g/mol. The van der Waals surface area contributed by atoms with E-state index in [9.17, 15) is 0 Å². The average molecular weight is 296 g/mol. The largest absolute Gasteiger partial charge is 0.381 e. The van der Waals surface area contributed by atoms with Crippen molar-refractivity contribution in [2.45, 2.75) is 19.8 Å². The van der Waals surface area contributed by atoms with Gasteiger partial charge in [-0.05, 0) is 13.3 Å². The molecule has 0 bridgehead atoms. The molecule has 1 aromatic heterocycles. The quantitative estimate of drug-likeness (QED) is 0.661. The topological polar surface area (TPSA) is 49.8 Å². The molecule has 1 aliphatic heterocycles. The number of guanidine groups is 1. The fourth-order valence-corrected chi connectivity index (χ4v) is 3.17. The highest BCUT2D eigenvalue weighted by atomic mass is 32.1. The standard InChI is InChI=1S/C14H24N4OS/c1-11-8-17-13(20-11)4-6-16-14(15-2)18(3)9-12-5-7-19-10-12/h8,12H,4-7,9-10H2,1-3H3,(H,15,16). The lowest BCUT2D eigenvalue weighted by atomic mass is 10.1. The third kappa shape index (κ3) is 4.45. The molecule has 1 aliphatic rings. The van der Waals surface area contributed by atoms with E-state index in [2.05, 4.69) is 34.2 Å². The summed E-state index contributed by atoms with van der Waals surface area (Å²) in [5, 5.41) is 4.58. The minimum atomic E-state index is 0.625. The van der Waals surface area contributed by atoms with Gasteiger partial charge in [-0.1, -0.05) is 0 Å². The zero-order valence-electron chi connectivity index (χ0n) is 12.6. The molecule has 0 radical (unpaired) electrons. The van der Waals surface area contributed by atoms with Gasteiger partial charge in [-0.25, -0.2) is 4.98 Å². The maximum Gasteiger partial charge on any atom is 0.193 e. The maximum absolute atomic E-state index is 5.42. The number of aryl methyl sites for hydroxylation is 1. The predicted molar refractivity (Wildman–Crippen MR) is 83.5 cm³/mol. The molecule has 1 aromatic rings. The van der Waals surface area contributed by atoms with Crippen molar-refractivity contribution in [2.75, 3.05) is 40.4 Å². The Morgan fingerprint density at radius 3 is 3.10 bits per heavy atom. The molecule has 0 saturated carbocycles. The zero-order chi connectivity index (χ0) is 14.4. The number of hydrogen-bond donors (Lipinski definition) is 1. The Labute approximate surface area is 125 Å². The Hall–Kier alpha value is -1.14. The first-order valence-electron chi connectivity index (χ1n) is 7.10. The smallest absolute Gasteiger partial charge is 0.193 e. The van der Waals surface area contributed by atoms with Crippen LogP contribution < -0.4 is 5.32 Å². The minimum absolute atomic E-state index is 0.625. The summed E-state index contributed by atoms with van der Waals surface area (Å²) < 4.78 is 5.42. The second-order valence-corrected chi connectivity index (χ2v) is 6.52. The molecule has 2 rings (SSSR count). The van der Waals surface area contributed by atoms with Crippen LogP contribution >= 0.6 is 11.3 Å². The van der Waals surface area contributed by atoms with E-state index in [-0.39, 0.29) is 0 Å². The van der Waals surface area contributed by atoms with E-state index in [1.165, 1.54) is 9.88 Å². The molecule has 1 fully saturated rings. The molecule has 1 saturated heterocycles. The van der Waals surface area contributed by atoms with E-state index in [1.54, 1.807) is 11.3 Å². The first-order valence-corrected chi connectivity index (χ1v) is 7.91. The van der Waals surface area contributed by atoms with Crippen molar-refractivity contribution in [1.82, 2.24) is 15.2 Å². The van der Waals surface area contributed by atoms with E-state index in [0.29, 0.717) is 5.92 Å². The molecule has 112 valence electrons. The fourth-order valence-electron chi connectivity index (χ4n) is 2.38. The first kappa shape index (κ1) is 15.3. The lowest BCUT2D eigenvalue weighted by Gasteiger charge is -2.24. The molecule has 1 N–H and O–H groups in total. The van der Waals surface area contributed by atoms with Crippen molar-refractivity contribution < 1.29 is 4.74 Å². The molecule has 6 heteroatoms. The number of rotatable bonds is 5. The summed E-state index contributed by atoms with van der Waals surface area (Å²) in [6.45, 7) is 5.72. The van der Waals surface area contributed by atoms with Crippen LogP contribution in [0.4, 0.5) is 0 Å². The Morgan fingerprint density at radius 1 is 1.65 bits per heavy atom. The number of hydrogen-bond acceptors (Lipinski definition) is 4. The number of thiazole rings is 1. The molecule has 0 spiro atoms. The van der Waals surface area contributed by atoms with Gasteiger partial charge < -0.3 is 15.0 Å². The van der Waals surface area contributed by atoms with Crippen molar-refractivity contribution in [3.8, 4) is 0 Å². The van der Waals surface area contributed by atoms with Crippen LogP contribution in [0.1, 0.15) is 16.3 Å². The number of aromatic nitrogens is 1. The van der Waals surface area contributed by atoms with Gasteiger partial charge in [0.2, 0.25) is 0 Å². The second kappa shape index (κ2) is 7.59. The number of ether oxygens (including phenoxy) is 1. The Bertz CT molecular complexity index is 440. The number of nitrogens with zero attached hydrogens (tertiary/aromatic N) is 3. The van der Waals surface area contributed by atoms with E-state index >= 15 is 0 Å². The van der Waals surface area contributed by atoms with Crippen molar-refractivity contribution in [3.63, 3.8) is 0 Å². The summed E-state index contributed by atoms with van der Waals surface area (Å²) in [4.78, 5) is 12.2. The molecule has 20 heavy (non-hydrogen) atoms. The summed E-state index contributed by atoms with van der Waals surface area (Å²) in [5.41, 5.74) is 0. The van der Waals surface area contributed by atoms with Crippen molar-refractivity contribution in [1.29, 1.82) is 0 Å². The highest BCUT2D eigenvalue weighted by Gasteiger charge is 2.18. The Morgan fingerprint density at radius 2 is 2.50 bits per heavy atom.